The Morgan fingerprint density at radius 1 is 1.58 bits per heavy atom. The molecule has 0 aliphatic carbocycles. The zero-order chi connectivity index (χ0) is 9.14. The van der Waals surface area contributed by atoms with E-state index in [9.17, 15) is 4.39 Å². The number of phenolic OH excluding ortho intramolecular Hbond substituents is 1. The summed E-state index contributed by atoms with van der Waals surface area (Å²) in [7, 11) is 0. The van der Waals surface area contributed by atoms with E-state index in [1.165, 1.54) is 12.1 Å². The Labute approximate surface area is 78.1 Å². The fourth-order valence-corrected chi connectivity index (χ4v) is 1.24. The van der Waals surface area contributed by atoms with Crippen molar-refractivity contribution in [1.82, 2.24) is 0 Å². The second-order valence-corrected chi connectivity index (χ2v) is 3.09. The number of hydrogen-bond acceptors (Lipinski definition) is 2. The van der Waals surface area contributed by atoms with Crippen molar-refractivity contribution in [2.24, 2.45) is 0 Å². The van der Waals surface area contributed by atoms with E-state index in [1.54, 1.807) is 6.92 Å². The van der Waals surface area contributed by atoms with Crippen molar-refractivity contribution >= 4 is 15.9 Å². The Kier molecular flexibility index (Phi) is 2.92. The summed E-state index contributed by atoms with van der Waals surface area (Å²) in [6, 6.07) is 2.75. The van der Waals surface area contributed by atoms with Crippen LogP contribution in [0.2, 0.25) is 0 Å². The quantitative estimate of drug-likeness (QED) is 0.853. The van der Waals surface area contributed by atoms with Gasteiger partial charge in [0.15, 0.2) is 11.5 Å². The van der Waals surface area contributed by atoms with Crippen molar-refractivity contribution in [3.05, 3.63) is 22.4 Å². The molecule has 0 fully saturated rings. The fourth-order valence-electron chi connectivity index (χ4n) is 0.811. The van der Waals surface area contributed by atoms with Crippen LogP contribution in [0.3, 0.4) is 0 Å². The summed E-state index contributed by atoms with van der Waals surface area (Å²) in [6.45, 7) is 2.12. The first-order chi connectivity index (χ1) is 5.65. The molecule has 0 spiro atoms. The average Bonchev–Trinajstić information content (AvgIpc) is 2.00. The summed E-state index contributed by atoms with van der Waals surface area (Å²) >= 11 is 3.11. The lowest BCUT2D eigenvalue weighted by molar-refractivity contribution is 0.312. The molecule has 0 saturated heterocycles. The molecule has 1 aromatic rings. The predicted molar refractivity (Wildman–Crippen MR) is 46.9 cm³/mol. The summed E-state index contributed by atoms with van der Waals surface area (Å²) in [6.07, 6.45) is 0. The summed E-state index contributed by atoms with van der Waals surface area (Å²) in [5, 5.41) is 9.02. The van der Waals surface area contributed by atoms with Crippen LogP contribution in [-0.4, -0.2) is 11.7 Å². The molecule has 4 heteroatoms. The maximum Gasteiger partial charge on any atom is 0.206 e. The summed E-state index contributed by atoms with van der Waals surface area (Å²) in [5.74, 6) is -1.07. The number of aromatic hydroxyl groups is 1. The highest BCUT2D eigenvalue weighted by atomic mass is 79.9. The van der Waals surface area contributed by atoms with Crippen molar-refractivity contribution in [3.8, 4) is 11.5 Å². The Morgan fingerprint density at radius 3 is 2.83 bits per heavy atom. The van der Waals surface area contributed by atoms with Crippen LogP contribution in [0.25, 0.3) is 0 Å². The first-order valence-corrected chi connectivity index (χ1v) is 4.25. The Bertz CT molecular complexity index is 289. The van der Waals surface area contributed by atoms with Crippen LogP contribution >= 0.6 is 15.9 Å². The lowest BCUT2D eigenvalue weighted by Gasteiger charge is -2.05. The molecule has 0 bridgehead atoms. The Hall–Kier alpha value is -0.770. The lowest BCUT2D eigenvalue weighted by Crippen LogP contribution is -1.94. The van der Waals surface area contributed by atoms with E-state index < -0.39 is 11.6 Å². The molecule has 0 aliphatic heterocycles. The van der Waals surface area contributed by atoms with Gasteiger partial charge in [-0.05, 0) is 19.1 Å². The van der Waals surface area contributed by atoms with Gasteiger partial charge in [0.25, 0.3) is 0 Å². The minimum atomic E-state index is -0.722. The average molecular weight is 235 g/mol. The second-order valence-electron chi connectivity index (χ2n) is 2.17. The number of ether oxygens (including phenoxy) is 1. The van der Waals surface area contributed by atoms with E-state index in [0.717, 1.165) is 0 Å². The topological polar surface area (TPSA) is 29.5 Å². The third-order valence-corrected chi connectivity index (χ3v) is 1.74. The number of halogens is 2. The minimum absolute atomic E-state index is 0.0596. The molecule has 0 unspecified atom stereocenters. The van der Waals surface area contributed by atoms with E-state index in [1.807, 2.05) is 0 Å². The van der Waals surface area contributed by atoms with Crippen LogP contribution in [0, 0.1) is 5.82 Å². The first kappa shape index (κ1) is 9.32. The Morgan fingerprint density at radius 2 is 2.25 bits per heavy atom. The monoisotopic (exact) mass is 234 g/mol. The normalized spacial score (nSPS) is 9.92. The van der Waals surface area contributed by atoms with Crippen LogP contribution in [0.5, 0.6) is 11.5 Å². The zero-order valence-electron chi connectivity index (χ0n) is 6.47. The van der Waals surface area contributed by atoms with E-state index in [4.69, 9.17) is 9.84 Å². The standard InChI is InChI=1S/C8H8BrFO2/c1-2-12-7-4-5(9)3-6(11)8(7)10/h3-4,11H,2H2,1H3. The van der Waals surface area contributed by atoms with Crippen molar-refractivity contribution < 1.29 is 14.2 Å². The number of rotatable bonds is 2. The molecule has 0 amide bonds. The highest BCUT2D eigenvalue weighted by molar-refractivity contribution is 9.10. The smallest absolute Gasteiger partial charge is 0.206 e. The molecule has 66 valence electrons. The SMILES string of the molecule is CCOc1cc(Br)cc(O)c1F. The minimum Gasteiger partial charge on any atom is -0.505 e. The third kappa shape index (κ3) is 1.88. The van der Waals surface area contributed by atoms with E-state index in [-0.39, 0.29) is 5.75 Å². The van der Waals surface area contributed by atoms with Gasteiger partial charge in [-0.2, -0.15) is 4.39 Å². The molecule has 1 rings (SSSR count). The van der Waals surface area contributed by atoms with Gasteiger partial charge in [-0.1, -0.05) is 15.9 Å². The lowest BCUT2D eigenvalue weighted by atomic mass is 10.3. The van der Waals surface area contributed by atoms with Gasteiger partial charge in [-0.25, -0.2) is 0 Å². The van der Waals surface area contributed by atoms with E-state index in [0.29, 0.717) is 11.1 Å². The Balaban J connectivity index is 3.09. The van der Waals surface area contributed by atoms with Gasteiger partial charge in [0.05, 0.1) is 6.61 Å². The molecule has 2 nitrogen and oxygen atoms in total. The van der Waals surface area contributed by atoms with Crippen molar-refractivity contribution in [1.29, 1.82) is 0 Å². The van der Waals surface area contributed by atoms with E-state index in [2.05, 4.69) is 15.9 Å². The van der Waals surface area contributed by atoms with Crippen LogP contribution in [0.15, 0.2) is 16.6 Å². The molecule has 0 saturated carbocycles. The molecular weight excluding hydrogens is 227 g/mol. The molecule has 0 aliphatic rings. The van der Waals surface area contributed by atoms with Crippen LogP contribution < -0.4 is 4.74 Å². The molecule has 12 heavy (non-hydrogen) atoms. The summed E-state index contributed by atoms with van der Waals surface area (Å²) in [4.78, 5) is 0. The van der Waals surface area contributed by atoms with Gasteiger partial charge in [0.2, 0.25) is 5.82 Å². The fraction of sp³-hybridized carbons (Fsp3) is 0.250. The maximum absolute atomic E-state index is 13.0. The van der Waals surface area contributed by atoms with Crippen molar-refractivity contribution in [2.75, 3.05) is 6.61 Å². The van der Waals surface area contributed by atoms with Gasteiger partial charge in [-0.3, -0.25) is 0 Å². The van der Waals surface area contributed by atoms with Crippen LogP contribution in [0.4, 0.5) is 4.39 Å². The van der Waals surface area contributed by atoms with Gasteiger partial charge in [0.1, 0.15) is 0 Å². The number of benzene rings is 1. The summed E-state index contributed by atoms with van der Waals surface area (Å²) < 4.78 is 18.5. The highest BCUT2D eigenvalue weighted by Crippen LogP contribution is 2.30. The number of hydrogen-bond donors (Lipinski definition) is 1. The molecule has 0 heterocycles. The molecule has 0 aromatic heterocycles. The van der Waals surface area contributed by atoms with Crippen molar-refractivity contribution in [3.63, 3.8) is 0 Å². The number of phenols is 1. The first-order valence-electron chi connectivity index (χ1n) is 3.46. The third-order valence-electron chi connectivity index (χ3n) is 1.28. The highest BCUT2D eigenvalue weighted by Gasteiger charge is 2.09. The molecule has 0 atom stereocenters. The van der Waals surface area contributed by atoms with E-state index >= 15 is 0 Å². The molecule has 0 radical (unpaired) electrons. The van der Waals surface area contributed by atoms with Gasteiger partial charge in [-0.15, -0.1) is 0 Å². The molecule has 1 N–H and O–H groups in total. The van der Waals surface area contributed by atoms with Gasteiger partial charge < -0.3 is 9.84 Å². The summed E-state index contributed by atoms with van der Waals surface area (Å²) in [5.41, 5.74) is 0. The second kappa shape index (κ2) is 3.76. The predicted octanol–water partition coefficient (Wildman–Crippen LogP) is 2.69. The van der Waals surface area contributed by atoms with Gasteiger partial charge >= 0.3 is 0 Å². The van der Waals surface area contributed by atoms with Crippen molar-refractivity contribution in [2.45, 2.75) is 6.92 Å². The largest absolute Gasteiger partial charge is 0.505 e. The van der Waals surface area contributed by atoms with Gasteiger partial charge in [0, 0.05) is 4.47 Å². The molecular formula is C8H8BrFO2. The van der Waals surface area contributed by atoms with Crippen LogP contribution in [0.1, 0.15) is 6.92 Å². The maximum atomic E-state index is 13.0. The van der Waals surface area contributed by atoms with Crippen LogP contribution in [-0.2, 0) is 0 Å². The molecule has 1 aromatic carbocycles. The zero-order valence-corrected chi connectivity index (χ0v) is 8.06.